The second kappa shape index (κ2) is 5.14. The van der Waals surface area contributed by atoms with Gasteiger partial charge in [0.1, 0.15) is 0 Å². The van der Waals surface area contributed by atoms with Crippen LogP contribution in [-0.4, -0.2) is 20.8 Å². The number of hydrogen-bond donors (Lipinski definition) is 0. The third kappa shape index (κ3) is 2.43. The lowest BCUT2D eigenvalue weighted by Gasteiger charge is -2.26. The zero-order chi connectivity index (χ0) is 13.2. The molecule has 0 aliphatic heterocycles. The van der Waals surface area contributed by atoms with Gasteiger partial charge in [-0.15, -0.1) is 0 Å². The van der Waals surface area contributed by atoms with E-state index in [1.165, 1.54) is 0 Å². The van der Waals surface area contributed by atoms with E-state index < -0.39 is 15.1 Å². The molecule has 0 spiro atoms. The quantitative estimate of drug-likeness (QED) is 0.845. The van der Waals surface area contributed by atoms with Gasteiger partial charge < -0.3 is 4.74 Å². The van der Waals surface area contributed by atoms with Crippen molar-refractivity contribution in [3.63, 3.8) is 0 Å². The van der Waals surface area contributed by atoms with Crippen LogP contribution in [0.15, 0.2) is 47.1 Å². The van der Waals surface area contributed by atoms with Crippen molar-refractivity contribution in [2.75, 3.05) is 7.11 Å². The van der Waals surface area contributed by atoms with Crippen LogP contribution in [0.2, 0.25) is 0 Å². The molecule has 1 aliphatic rings. The Morgan fingerprint density at radius 3 is 2.50 bits per heavy atom. The van der Waals surface area contributed by atoms with Gasteiger partial charge in [0.05, 0.1) is 23.0 Å². The van der Waals surface area contributed by atoms with Crippen molar-refractivity contribution in [3.05, 3.63) is 42.2 Å². The summed E-state index contributed by atoms with van der Waals surface area (Å²) in [5.74, 6) is 0.895. The number of benzene rings is 1. The van der Waals surface area contributed by atoms with E-state index in [2.05, 4.69) is 0 Å². The Morgan fingerprint density at radius 2 is 1.89 bits per heavy atom. The van der Waals surface area contributed by atoms with Crippen LogP contribution in [0.4, 0.5) is 0 Å². The largest absolute Gasteiger partial charge is 0.501 e. The van der Waals surface area contributed by atoms with Gasteiger partial charge in [-0.2, -0.15) is 0 Å². The molecule has 0 saturated carbocycles. The van der Waals surface area contributed by atoms with Crippen LogP contribution in [0, 0.1) is 5.92 Å². The summed E-state index contributed by atoms with van der Waals surface area (Å²) in [6.45, 7) is 1.98. The lowest BCUT2D eigenvalue weighted by atomic mass is 9.95. The SMILES string of the molecule is COC1=CC(S(=O)(=O)c2ccccc2)[C@@H](C)CC1. The zero-order valence-electron chi connectivity index (χ0n) is 10.7. The number of allylic oxidation sites excluding steroid dienone is 1. The maximum Gasteiger partial charge on any atom is 0.185 e. The summed E-state index contributed by atoms with van der Waals surface area (Å²) in [5.41, 5.74) is 0. The Labute approximate surface area is 108 Å². The molecule has 3 nitrogen and oxygen atoms in total. The third-order valence-corrected chi connectivity index (χ3v) is 5.70. The van der Waals surface area contributed by atoms with E-state index in [0.29, 0.717) is 4.90 Å². The molecule has 0 fully saturated rings. The summed E-state index contributed by atoms with van der Waals surface area (Å²) in [4.78, 5) is 0.385. The van der Waals surface area contributed by atoms with Crippen molar-refractivity contribution >= 4 is 9.84 Å². The molecule has 18 heavy (non-hydrogen) atoms. The first-order chi connectivity index (χ1) is 8.55. The van der Waals surface area contributed by atoms with Crippen LogP contribution in [0.5, 0.6) is 0 Å². The van der Waals surface area contributed by atoms with Gasteiger partial charge in [0.2, 0.25) is 0 Å². The minimum atomic E-state index is -3.31. The van der Waals surface area contributed by atoms with Crippen LogP contribution < -0.4 is 0 Å². The molecule has 1 aromatic rings. The summed E-state index contributed by atoms with van der Waals surface area (Å²) in [6, 6.07) is 8.62. The van der Waals surface area contributed by atoms with Gasteiger partial charge in [0.25, 0.3) is 0 Å². The molecule has 98 valence electrons. The third-order valence-electron chi connectivity index (χ3n) is 3.45. The number of rotatable bonds is 3. The molecule has 1 aliphatic carbocycles. The number of ether oxygens (including phenoxy) is 1. The minimum Gasteiger partial charge on any atom is -0.501 e. The Morgan fingerprint density at radius 1 is 1.22 bits per heavy atom. The second-order valence-corrected chi connectivity index (χ2v) is 6.78. The summed E-state index contributed by atoms with van der Waals surface area (Å²) < 4.78 is 30.3. The molecular formula is C14H18O3S. The molecule has 2 rings (SSSR count). The molecule has 0 bridgehead atoms. The molecule has 0 radical (unpaired) electrons. The van der Waals surface area contributed by atoms with Crippen molar-refractivity contribution in [2.45, 2.75) is 29.9 Å². The zero-order valence-corrected chi connectivity index (χ0v) is 11.5. The van der Waals surface area contributed by atoms with Crippen molar-refractivity contribution in [1.29, 1.82) is 0 Å². The highest BCUT2D eigenvalue weighted by Gasteiger charge is 2.33. The van der Waals surface area contributed by atoms with Gasteiger partial charge in [-0.3, -0.25) is 0 Å². The van der Waals surface area contributed by atoms with Gasteiger partial charge >= 0.3 is 0 Å². The van der Waals surface area contributed by atoms with Crippen LogP contribution in [0.3, 0.4) is 0 Å². The summed E-state index contributed by atoms with van der Waals surface area (Å²) >= 11 is 0. The number of methoxy groups -OCH3 is 1. The van der Waals surface area contributed by atoms with Crippen molar-refractivity contribution in [1.82, 2.24) is 0 Å². The van der Waals surface area contributed by atoms with E-state index >= 15 is 0 Å². The van der Waals surface area contributed by atoms with E-state index in [-0.39, 0.29) is 5.92 Å². The summed E-state index contributed by atoms with van der Waals surface area (Å²) in [5, 5.41) is -0.483. The summed E-state index contributed by atoms with van der Waals surface area (Å²) in [7, 11) is -1.72. The molecule has 0 aromatic heterocycles. The Kier molecular flexibility index (Phi) is 3.76. The molecule has 1 unspecified atom stereocenters. The fraction of sp³-hybridized carbons (Fsp3) is 0.429. The highest BCUT2D eigenvalue weighted by Crippen LogP contribution is 2.31. The fourth-order valence-electron chi connectivity index (χ4n) is 2.30. The second-order valence-electron chi connectivity index (χ2n) is 4.68. The normalized spacial score (nSPS) is 24.4. The van der Waals surface area contributed by atoms with E-state index in [0.717, 1.165) is 18.6 Å². The van der Waals surface area contributed by atoms with Crippen LogP contribution >= 0.6 is 0 Å². The monoisotopic (exact) mass is 266 g/mol. The first-order valence-electron chi connectivity index (χ1n) is 6.09. The van der Waals surface area contributed by atoms with Crippen LogP contribution in [-0.2, 0) is 14.6 Å². The highest BCUT2D eigenvalue weighted by molar-refractivity contribution is 7.92. The van der Waals surface area contributed by atoms with Gasteiger partial charge in [0, 0.05) is 6.42 Å². The minimum absolute atomic E-state index is 0.120. The number of hydrogen-bond acceptors (Lipinski definition) is 3. The van der Waals surface area contributed by atoms with E-state index in [1.807, 2.05) is 13.0 Å². The van der Waals surface area contributed by atoms with Crippen molar-refractivity contribution < 1.29 is 13.2 Å². The smallest absolute Gasteiger partial charge is 0.185 e. The van der Waals surface area contributed by atoms with E-state index in [1.54, 1.807) is 37.5 Å². The van der Waals surface area contributed by atoms with Gasteiger partial charge in [-0.25, -0.2) is 8.42 Å². The first-order valence-corrected chi connectivity index (χ1v) is 7.64. The highest BCUT2D eigenvalue weighted by atomic mass is 32.2. The summed E-state index contributed by atoms with van der Waals surface area (Å²) in [6.07, 6.45) is 3.42. The predicted molar refractivity (Wildman–Crippen MR) is 70.9 cm³/mol. The molecular weight excluding hydrogens is 248 g/mol. The lowest BCUT2D eigenvalue weighted by Crippen LogP contribution is -2.29. The van der Waals surface area contributed by atoms with Crippen molar-refractivity contribution in [2.24, 2.45) is 5.92 Å². The molecule has 2 atom stereocenters. The predicted octanol–water partition coefficient (Wildman–Crippen LogP) is 2.79. The Bertz CT molecular complexity index is 531. The van der Waals surface area contributed by atoms with E-state index in [9.17, 15) is 8.42 Å². The Balaban J connectivity index is 2.41. The van der Waals surface area contributed by atoms with Gasteiger partial charge in [-0.05, 0) is 30.5 Å². The van der Waals surface area contributed by atoms with Crippen LogP contribution in [0.25, 0.3) is 0 Å². The van der Waals surface area contributed by atoms with Crippen molar-refractivity contribution in [3.8, 4) is 0 Å². The molecule has 0 saturated heterocycles. The molecule has 4 heteroatoms. The Hall–Kier alpha value is -1.29. The molecule has 0 heterocycles. The molecule has 0 amide bonds. The van der Waals surface area contributed by atoms with Gasteiger partial charge in [-0.1, -0.05) is 25.1 Å². The topological polar surface area (TPSA) is 43.4 Å². The number of sulfone groups is 1. The molecule has 0 N–H and O–H groups in total. The average Bonchev–Trinajstić information content (AvgIpc) is 2.40. The fourth-order valence-corrected chi connectivity index (χ4v) is 4.23. The van der Waals surface area contributed by atoms with Crippen LogP contribution in [0.1, 0.15) is 19.8 Å². The lowest BCUT2D eigenvalue weighted by molar-refractivity contribution is 0.256. The molecule has 1 aromatic carbocycles. The average molecular weight is 266 g/mol. The van der Waals surface area contributed by atoms with E-state index in [4.69, 9.17) is 4.74 Å². The first kappa shape index (κ1) is 13.1. The maximum atomic E-state index is 12.6. The maximum absolute atomic E-state index is 12.6. The van der Waals surface area contributed by atoms with Gasteiger partial charge in [0.15, 0.2) is 9.84 Å². The standard InChI is InChI=1S/C14H18O3S/c1-11-8-9-12(17-2)10-14(11)18(15,16)13-6-4-3-5-7-13/h3-7,10-11,14H,8-9H2,1-2H3/t11-,14?/m0/s1.